The highest BCUT2D eigenvalue weighted by molar-refractivity contribution is 4.86. The van der Waals surface area contributed by atoms with Crippen molar-refractivity contribution >= 4 is 0 Å². The van der Waals surface area contributed by atoms with Gasteiger partial charge in [-0.3, -0.25) is 4.90 Å². The number of nitrogens with one attached hydrogen (secondary N) is 1. The molecule has 0 aromatic heterocycles. The second-order valence-electron chi connectivity index (χ2n) is 5.90. The van der Waals surface area contributed by atoms with Crippen LogP contribution in [-0.4, -0.2) is 61.7 Å². The largest absolute Gasteiger partial charge is 0.315 e. The molecule has 0 aromatic carbocycles. The Labute approximate surface area is 107 Å². The Hall–Kier alpha value is -0.120. The van der Waals surface area contributed by atoms with E-state index in [2.05, 4.69) is 36.0 Å². The highest BCUT2D eigenvalue weighted by atomic mass is 15.2. The van der Waals surface area contributed by atoms with Gasteiger partial charge in [-0.15, -0.1) is 0 Å². The van der Waals surface area contributed by atoms with E-state index in [-0.39, 0.29) is 0 Å². The molecule has 100 valence electrons. The van der Waals surface area contributed by atoms with E-state index in [9.17, 15) is 0 Å². The van der Waals surface area contributed by atoms with Crippen LogP contribution in [0.4, 0.5) is 0 Å². The van der Waals surface area contributed by atoms with Crippen molar-refractivity contribution < 1.29 is 0 Å². The van der Waals surface area contributed by atoms with Crippen LogP contribution in [0.5, 0.6) is 0 Å². The quantitative estimate of drug-likeness (QED) is 0.800. The van der Waals surface area contributed by atoms with Crippen LogP contribution in [0.15, 0.2) is 0 Å². The van der Waals surface area contributed by atoms with E-state index in [0.717, 1.165) is 18.0 Å². The third-order valence-electron chi connectivity index (χ3n) is 4.76. The van der Waals surface area contributed by atoms with Crippen LogP contribution in [0.2, 0.25) is 0 Å². The molecule has 0 aromatic rings. The highest BCUT2D eigenvalue weighted by Crippen LogP contribution is 2.21. The fourth-order valence-corrected chi connectivity index (χ4v) is 3.55. The van der Waals surface area contributed by atoms with Gasteiger partial charge < -0.3 is 10.2 Å². The second-order valence-corrected chi connectivity index (χ2v) is 5.90. The summed E-state index contributed by atoms with van der Waals surface area (Å²) in [5.41, 5.74) is 0. The lowest BCUT2D eigenvalue weighted by Crippen LogP contribution is -2.52. The first kappa shape index (κ1) is 13.3. The summed E-state index contributed by atoms with van der Waals surface area (Å²) >= 11 is 0. The maximum Gasteiger partial charge on any atom is 0.0244 e. The first-order chi connectivity index (χ1) is 8.22. The van der Waals surface area contributed by atoms with E-state index in [1.165, 1.54) is 52.0 Å². The standard InChI is InChI=1S/C14H29N3/c1-4-17-9-5-6-13(17)11-16(3)14-10-15-8-7-12(14)2/h12-15H,4-11H2,1-3H3. The molecule has 2 fully saturated rings. The average molecular weight is 239 g/mol. The minimum Gasteiger partial charge on any atom is -0.315 e. The predicted octanol–water partition coefficient (Wildman–Crippen LogP) is 1.40. The van der Waals surface area contributed by atoms with E-state index in [0.29, 0.717) is 0 Å². The van der Waals surface area contributed by atoms with Crippen LogP contribution in [0.25, 0.3) is 0 Å². The molecule has 2 saturated heterocycles. The lowest BCUT2D eigenvalue weighted by molar-refractivity contribution is 0.115. The Balaban J connectivity index is 1.84. The van der Waals surface area contributed by atoms with Gasteiger partial charge in [0.1, 0.15) is 0 Å². The minimum atomic E-state index is 0.739. The van der Waals surface area contributed by atoms with Crippen LogP contribution >= 0.6 is 0 Å². The number of likely N-dealkylation sites (tertiary alicyclic amines) is 1. The number of hydrogen-bond donors (Lipinski definition) is 1. The normalized spacial score (nSPS) is 35.6. The van der Waals surface area contributed by atoms with Gasteiger partial charge in [0.05, 0.1) is 0 Å². The van der Waals surface area contributed by atoms with Gasteiger partial charge in [-0.25, -0.2) is 0 Å². The molecule has 0 spiro atoms. The SMILES string of the molecule is CCN1CCCC1CN(C)C1CNCCC1C. The van der Waals surface area contributed by atoms with Gasteiger partial charge in [0.2, 0.25) is 0 Å². The van der Waals surface area contributed by atoms with Crippen LogP contribution in [-0.2, 0) is 0 Å². The maximum atomic E-state index is 3.54. The van der Waals surface area contributed by atoms with Crippen molar-refractivity contribution in [2.24, 2.45) is 5.92 Å². The van der Waals surface area contributed by atoms with Crippen LogP contribution in [0.1, 0.15) is 33.1 Å². The van der Waals surface area contributed by atoms with Crippen LogP contribution in [0, 0.1) is 5.92 Å². The van der Waals surface area contributed by atoms with E-state index in [1.807, 2.05) is 0 Å². The first-order valence-corrected chi connectivity index (χ1v) is 7.37. The lowest BCUT2D eigenvalue weighted by Gasteiger charge is -2.39. The molecule has 2 aliphatic heterocycles. The molecule has 3 nitrogen and oxygen atoms in total. The molecule has 0 aliphatic carbocycles. The third-order valence-corrected chi connectivity index (χ3v) is 4.76. The number of rotatable bonds is 4. The number of hydrogen-bond acceptors (Lipinski definition) is 3. The highest BCUT2D eigenvalue weighted by Gasteiger charge is 2.29. The fraction of sp³-hybridized carbons (Fsp3) is 1.00. The summed E-state index contributed by atoms with van der Waals surface area (Å²) < 4.78 is 0. The summed E-state index contributed by atoms with van der Waals surface area (Å²) in [4.78, 5) is 5.26. The summed E-state index contributed by atoms with van der Waals surface area (Å²) in [6.07, 6.45) is 4.12. The Morgan fingerprint density at radius 2 is 2.18 bits per heavy atom. The molecule has 3 unspecified atom stereocenters. The molecule has 2 aliphatic rings. The van der Waals surface area contributed by atoms with Crippen LogP contribution in [0.3, 0.4) is 0 Å². The van der Waals surface area contributed by atoms with E-state index >= 15 is 0 Å². The van der Waals surface area contributed by atoms with Crippen molar-refractivity contribution in [2.45, 2.75) is 45.2 Å². The van der Waals surface area contributed by atoms with E-state index in [4.69, 9.17) is 0 Å². The molecule has 3 heteroatoms. The van der Waals surface area contributed by atoms with Gasteiger partial charge >= 0.3 is 0 Å². The summed E-state index contributed by atoms with van der Waals surface area (Å²) in [5.74, 6) is 0.845. The van der Waals surface area contributed by atoms with Gasteiger partial charge in [-0.05, 0) is 51.9 Å². The zero-order valence-electron chi connectivity index (χ0n) is 11.8. The summed E-state index contributed by atoms with van der Waals surface area (Å²) in [7, 11) is 2.32. The van der Waals surface area contributed by atoms with Crippen molar-refractivity contribution in [2.75, 3.05) is 39.8 Å². The predicted molar refractivity (Wildman–Crippen MR) is 73.3 cm³/mol. The Kier molecular flexibility index (Phi) is 4.83. The van der Waals surface area contributed by atoms with E-state index < -0.39 is 0 Å². The molecule has 2 rings (SSSR count). The molecule has 2 heterocycles. The average Bonchev–Trinajstić information content (AvgIpc) is 2.76. The molecule has 0 saturated carbocycles. The Bertz CT molecular complexity index is 232. The monoisotopic (exact) mass is 239 g/mol. The number of nitrogens with zero attached hydrogens (tertiary/aromatic N) is 2. The fourth-order valence-electron chi connectivity index (χ4n) is 3.55. The summed E-state index contributed by atoms with van der Waals surface area (Å²) in [6, 6.07) is 1.54. The van der Waals surface area contributed by atoms with Crippen molar-refractivity contribution in [3.05, 3.63) is 0 Å². The summed E-state index contributed by atoms with van der Waals surface area (Å²) in [6.45, 7) is 10.9. The molecule has 0 amide bonds. The molecule has 17 heavy (non-hydrogen) atoms. The van der Waals surface area contributed by atoms with Crippen LogP contribution < -0.4 is 5.32 Å². The Morgan fingerprint density at radius 1 is 1.35 bits per heavy atom. The zero-order valence-corrected chi connectivity index (χ0v) is 11.8. The van der Waals surface area contributed by atoms with Crippen molar-refractivity contribution in [3.8, 4) is 0 Å². The van der Waals surface area contributed by atoms with Crippen molar-refractivity contribution in [3.63, 3.8) is 0 Å². The Morgan fingerprint density at radius 3 is 2.88 bits per heavy atom. The number of likely N-dealkylation sites (N-methyl/N-ethyl adjacent to an activating group) is 2. The minimum absolute atomic E-state index is 0.739. The molecule has 0 bridgehead atoms. The number of piperidine rings is 1. The maximum absolute atomic E-state index is 3.54. The van der Waals surface area contributed by atoms with Gasteiger partial charge in [-0.2, -0.15) is 0 Å². The third kappa shape index (κ3) is 3.21. The zero-order chi connectivity index (χ0) is 12.3. The van der Waals surface area contributed by atoms with Crippen molar-refractivity contribution in [1.29, 1.82) is 0 Å². The smallest absolute Gasteiger partial charge is 0.0244 e. The molecule has 0 radical (unpaired) electrons. The molecular formula is C14H29N3. The van der Waals surface area contributed by atoms with Gasteiger partial charge in [0.15, 0.2) is 0 Å². The van der Waals surface area contributed by atoms with Gasteiger partial charge in [0, 0.05) is 25.2 Å². The summed E-state index contributed by atoms with van der Waals surface area (Å²) in [5, 5.41) is 3.54. The van der Waals surface area contributed by atoms with Crippen molar-refractivity contribution in [1.82, 2.24) is 15.1 Å². The lowest BCUT2D eigenvalue weighted by atomic mass is 9.93. The van der Waals surface area contributed by atoms with Gasteiger partial charge in [-0.1, -0.05) is 13.8 Å². The first-order valence-electron chi connectivity index (χ1n) is 7.37. The van der Waals surface area contributed by atoms with E-state index in [1.54, 1.807) is 0 Å². The topological polar surface area (TPSA) is 18.5 Å². The second kappa shape index (κ2) is 6.17. The van der Waals surface area contributed by atoms with Gasteiger partial charge in [0.25, 0.3) is 0 Å². The molecule has 1 N–H and O–H groups in total. The molecule has 3 atom stereocenters. The molecular weight excluding hydrogens is 210 g/mol.